The topological polar surface area (TPSA) is 37.8 Å². The Morgan fingerprint density at radius 3 is 3.17 bits per heavy atom. The minimum Gasteiger partial charge on any atom is -0.316 e. The summed E-state index contributed by atoms with van der Waals surface area (Å²) in [5.41, 5.74) is 1.18. The first-order chi connectivity index (χ1) is 5.97. The molecule has 1 aromatic heterocycles. The molecule has 2 heterocycles. The van der Waals surface area contributed by atoms with Crippen molar-refractivity contribution in [2.24, 2.45) is 0 Å². The molecule has 0 bridgehead atoms. The first-order valence-corrected chi connectivity index (χ1v) is 4.43. The molecule has 0 amide bonds. The summed E-state index contributed by atoms with van der Waals surface area (Å²) in [5.74, 6) is 0.599. The van der Waals surface area contributed by atoms with Crippen LogP contribution in [0.2, 0.25) is 0 Å². The van der Waals surface area contributed by atoms with Crippen molar-refractivity contribution in [1.29, 1.82) is 0 Å². The number of hydrogen-bond acceptors (Lipinski definition) is 3. The van der Waals surface area contributed by atoms with Crippen LogP contribution in [0.4, 0.5) is 0 Å². The average molecular weight is 163 g/mol. The standard InChI is InChI=1S/C9H13N3/c1-2-8(6-10-4-1)9-3-5-11-7-12-9/h3,5,7-8,10H,1-2,4,6H2/t8-/m0/s1. The van der Waals surface area contributed by atoms with Gasteiger partial charge in [-0.15, -0.1) is 0 Å². The van der Waals surface area contributed by atoms with Gasteiger partial charge in [0.25, 0.3) is 0 Å². The summed E-state index contributed by atoms with van der Waals surface area (Å²) in [5, 5.41) is 3.37. The van der Waals surface area contributed by atoms with Crippen LogP contribution in [-0.2, 0) is 0 Å². The van der Waals surface area contributed by atoms with Gasteiger partial charge in [-0.05, 0) is 25.5 Å². The Kier molecular flexibility index (Phi) is 2.32. The van der Waals surface area contributed by atoms with Crippen molar-refractivity contribution in [3.8, 4) is 0 Å². The molecular weight excluding hydrogens is 150 g/mol. The summed E-state index contributed by atoms with van der Waals surface area (Å²) < 4.78 is 0. The molecule has 64 valence electrons. The molecule has 1 saturated heterocycles. The number of aromatic nitrogens is 2. The molecule has 3 nitrogen and oxygen atoms in total. The second-order valence-corrected chi connectivity index (χ2v) is 3.18. The fourth-order valence-corrected chi connectivity index (χ4v) is 1.65. The summed E-state index contributed by atoms with van der Waals surface area (Å²) >= 11 is 0. The molecule has 0 aromatic carbocycles. The fraction of sp³-hybridized carbons (Fsp3) is 0.556. The summed E-state index contributed by atoms with van der Waals surface area (Å²) in [6.45, 7) is 2.22. The van der Waals surface area contributed by atoms with Gasteiger partial charge in [-0.3, -0.25) is 0 Å². The molecule has 0 unspecified atom stereocenters. The van der Waals surface area contributed by atoms with Crippen LogP contribution in [0.15, 0.2) is 18.6 Å². The summed E-state index contributed by atoms with van der Waals surface area (Å²) in [7, 11) is 0. The summed E-state index contributed by atoms with van der Waals surface area (Å²) in [4.78, 5) is 8.16. The lowest BCUT2D eigenvalue weighted by atomic mass is 9.96. The molecule has 1 aliphatic heterocycles. The fourth-order valence-electron chi connectivity index (χ4n) is 1.65. The van der Waals surface area contributed by atoms with Crippen LogP contribution >= 0.6 is 0 Å². The van der Waals surface area contributed by atoms with E-state index in [0.717, 1.165) is 13.1 Å². The van der Waals surface area contributed by atoms with E-state index >= 15 is 0 Å². The number of nitrogens with one attached hydrogen (secondary N) is 1. The predicted molar refractivity (Wildman–Crippen MR) is 46.9 cm³/mol. The van der Waals surface area contributed by atoms with Gasteiger partial charge < -0.3 is 5.32 Å². The number of hydrogen-bond donors (Lipinski definition) is 1. The van der Waals surface area contributed by atoms with Gasteiger partial charge in [0.15, 0.2) is 0 Å². The first kappa shape index (κ1) is 7.68. The molecule has 2 rings (SSSR count). The predicted octanol–water partition coefficient (Wildman–Crippen LogP) is 0.944. The Balaban J connectivity index is 2.08. The smallest absolute Gasteiger partial charge is 0.115 e. The molecule has 1 fully saturated rings. The average Bonchev–Trinajstić information content (AvgIpc) is 2.21. The largest absolute Gasteiger partial charge is 0.316 e. The van der Waals surface area contributed by atoms with Gasteiger partial charge >= 0.3 is 0 Å². The van der Waals surface area contributed by atoms with E-state index in [1.54, 1.807) is 6.33 Å². The third-order valence-electron chi connectivity index (χ3n) is 2.32. The van der Waals surface area contributed by atoms with Crippen LogP contribution in [-0.4, -0.2) is 23.1 Å². The SMILES string of the molecule is c1cc([C@H]2CCCNC2)ncn1. The highest BCUT2D eigenvalue weighted by Gasteiger charge is 2.15. The van der Waals surface area contributed by atoms with Gasteiger partial charge in [0.2, 0.25) is 0 Å². The third-order valence-corrected chi connectivity index (χ3v) is 2.32. The highest BCUT2D eigenvalue weighted by atomic mass is 14.9. The minimum atomic E-state index is 0.599. The van der Waals surface area contributed by atoms with E-state index in [2.05, 4.69) is 15.3 Å². The van der Waals surface area contributed by atoms with Crippen LogP contribution in [0.25, 0.3) is 0 Å². The highest BCUT2D eigenvalue weighted by Crippen LogP contribution is 2.19. The zero-order valence-corrected chi connectivity index (χ0v) is 7.03. The van der Waals surface area contributed by atoms with Crippen molar-refractivity contribution in [3.05, 3.63) is 24.3 Å². The quantitative estimate of drug-likeness (QED) is 0.669. The van der Waals surface area contributed by atoms with Gasteiger partial charge in [-0.2, -0.15) is 0 Å². The molecule has 0 saturated carbocycles. The van der Waals surface area contributed by atoms with E-state index in [9.17, 15) is 0 Å². The zero-order chi connectivity index (χ0) is 8.23. The molecule has 1 N–H and O–H groups in total. The molecule has 0 spiro atoms. The van der Waals surface area contributed by atoms with Crippen LogP contribution in [0.5, 0.6) is 0 Å². The number of piperidine rings is 1. The number of nitrogens with zero attached hydrogens (tertiary/aromatic N) is 2. The lowest BCUT2D eigenvalue weighted by Crippen LogP contribution is -2.28. The van der Waals surface area contributed by atoms with E-state index in [0.29, 0.717) is 5.92 Å². The highest BCUT2D eigenvalue weighted by molar-refractivity contribution is 5.07. The molecule has 0 aliphatic carbocycles. The van der Waals surface area contributed by atoms with Crippen molar-refractivity contribution < 1.29 is 0 Å². The Hall–Kier alpha value is -0.960. The van der Waals surface area contributed by atoms with Crippen molar-refractivity contribution >= 4 is 0 Å². The van der Waals surface area contributed by atoms with Gasteiger partial charge in [-0.1, -0.05) is 0 Å². The molecule has 0 radical (unpaired) electrons. The normalized spacial score (nSPS) is 23.8. The van der Waals surface area contributed by atoms with Crippen LogP contribution in [0.1, 0.15) is 24.5 Å². The molecule has 3 heteroatoms. The molecule has 1 atom stereocenters. The third kappa shape index (κ3) is 1.61. The lowest BCUT2D eigenvalue weighted by molar-refractivity contribution is 0.454. The van der Waals surface area contributed by atoms with Crippen LogP contribution in [0, 0.1) is 0 Å². The van der Waals surface area contributed by atoms with E-state index in [-0.39, 0.29) is 0 Å². The Labute approximate surface area is 72.2 Å². The lowest BCUT2D eigenvalue weighted by Gasteiger charge is -2.21. The van der Waals surface area contributed by atoms with E-state index in [1.807, 2.05) is 12.3 Å². The Morgan fingerprint density at radius 1 is 1.50 bits per heavy atom. The van der Waals surface area contributed by atoms with Crippen molar-refractivity contribution in [2.45, 2.75) is 18.8 Å². The van der Waals surface area contributed by atoms with E-state index in [4.69, 9.17) is 0 Å². The monoisotopic (exact) mass is 163 g/mol. The van der Waals surface area contributed by atoms with Crippen molar-refractivity contribution in [1.82, 2.24) is 15.3 Å². The second kappa shape index (κ2) is 3.63. The maximum absolute atomic E-state index is 4.25. The molecule has 12 heavy (non-hydrogen) atoms. The zero-order valence-electron chi connectivity index (χ0n) is 7.03. The van der Waals surface area contributed by atoms with Crippen molar-refractivity contribution in [2.75, 3.05) is 13.1 Å². The first-order valence-electron chi connectivity index (χ1n) is 4.43. The molecule has 1 aromatic rings. The Bertz CT molecular complexity index is 229. The summed E-state index contributed by atoms with van der Waals surface area (Å²) in [6, 6.07) is 2.01. The van der Waals surface area contributed by atoms with Crippen molar-refractivity contribution in [3.63, 3.8) is 0 Å². The van der Waals surface area contributed by atoms with Crippen LogP contribution in [0.3, 0.4) is 0 Å². The summed E-state index contributed by atoms with van der Waals surface area (Å²) in [6.07, 6.45) is 5.96. The van der Waals surface area contributed by atoms with Gasteiger partial charge in [-0.25, -0.2) is 9.97 Å². The van der Waals surface area contributed by atoms with E-state index < -0.39 is 0 Å². The van der Waals surface area contributed by atoms with Crippen LogP contribution < -0.4 is 5.32 Å². The molecular formula is C9H13N3. The minimum absolute atomic E-state index is 0.599. The van der Waals surface area contributed by atoms with Gasteiger partial charge in [0.05, 0.1) is 0 Å². The van der Waals surface area contributed by atoms with E-state index in [1.165, 1.54) is 18.5 Å². The Morgan fingerprint density at radius 2 is 2.50 bits per heavy atom. The molecule has 1 aliphatic rings. The maximum atomic E-state index is 4.25. The second-order valence-electron chi connectivity index (χ2n) is 3.18. The van der Waals surface area contributed by atoms with Gasteiger partial charge in [0, 0.05) is 24.4 Å². The number of rotatable bonds is 1. The van der Waals surface area contributed by atoms with Gasteiger partial charge in [0.1, 0.15) is 6.33 Å². The maximum Gasteiger partial charge on any atom is 0.115 e.